The maximum atomic E-state index is 9.20. The lowest BCUT2D eigenvalue weighted by atomic mass is 9.91. The lowest BCUT2D eigenvalue weighted by molar-refractivity contribution is 0.669. The molecule has 4 nitrogen and oxygen atoms in total. The lowest BCUT2D eigenvalue weighted by Crippen LogP contribution is -1.91. The van der Waals surface area contributed by atoms with Crippen molar-refractivity contribution < 1.29 is 4.42 Å². The predicted octanol–water partition coefficient (Wildman–Crippen LogP) is 8.76. The molecule has 2 N–H and O–H groups in total. The van der Waals surface area contributed by atoms with Gasteiger partial charge in [0.1, 0.15) is 17.2 Å². The summed E-state index contributed by atoms with van der Waals surface area (Å²) in [4.78, 5) is 4.84. The summed E-state index contributed by atoms with van der Waals surface area (Å²) in [7, 11) is 0. The number of fused-ring (bicyclic) bond motifs is 3. The highest BCUT2D eigenvalue weighted by atomic mass is 16.3. The number of pyridine rings is 1. The van der Waals surface area contributed by atoms with E-state index < -0.39 is 0 Å². The van der Waals surface area contributed by atoms with E-state index in [0.29, 0.717) is 5.57 Å². The van der Waals surface area contributed by atoms with Crippen LogP contribution in [0.2, 0.25) is 0 Å². The summed E-state index contributed by atoms with van der Waals surface area (Å²) in [6.07, 6.45) is 9.13. The Morgan fingerprint density at radius 2 is 1.79 bits per heavy atom. The molecule has 3 aromatic carbocycles. The number of furan rings is 1. The van der Waals surface area contributed by atoms with Crippen LogP contribution in [0.4, 0.5) is 0 Å². The molecule has 0 saturated carbocycles. The van der Waals surface area contributed by atoms with Crippen molar-refractivity contribution in [2.45, 2.75) is 13.8 Å². The SMILES string of the molecule is C=Cc1c(/C=C\C)c(-c2ccccc2)cc2oc3cc(-c4cccc(/C(C)=C/C(C#N)=C\N)n4)ccc3c12. The standard InChI is InChI=1S/C34H27N3O/c1-4-10-27-26(5-2)34-28-16-15-25(31-14-9-13-30(37-31)22(3)17-23(20-35)21-36)18-32(28)38-33(34)19-29(27)24-11-7-6-8-12-24/h4-20H,2,35H2,1,3H3/b10-4-,22-17+,23-20+. The normalized spacial score (nSPS) is 12.3. The summed E-state index contributed by atoms with van der Waals surface area (Å²) in [5.74, 6) is 0. The van der Waals surface area contributed by atoms with Crippen LogP contribution in [0.25, 0.3) is 62.0 Å². The van der Waals surface area contributed by atoms with Crippen molar-refractivity contribution in [3.8, 4) is 28.5 Å². The van der Waals surface area contributed by atoms with Gasteiger partial charge in [-0.3, -0.25) is 0 Å². The maximum Gasteiger partial charge on any atom is 0.136 e. The third-order valence-corrected chi connectivity index (χ3v) is 6.59. The third kappa shape index (κ3) is 4.42. The zero-order valence-electron chi connectivity index (χ0n) is 21.4. The first-order valence-corrected chi connectivity index (χ1v) is 12.4. The Morgan fingerprint density at radius 1 is 0.974 bits per heavy atom. The fourth-order valence-electron chi connectivity index (χ4n) is 4.80. The van der Waals surface area contributed by atoms with E-state index in [1.807, 2.05) is 62.4 Å². The molecule has 5 aromatic rings. The van der Waals surface area contributed by atoms with E-state index in [1.165, 1.54) is 6.20 Å². The molecule has 0 amide bonds. The Balaban J connectivity index is 1.68. The Kier molecular flexibility index (Phi) is 6.76. The molecule has 0 saturated heterocycles. The number of hydrogen-bond acceptors (Lipinski definition) is 4. The summed E-state index contributed by atoms with van der Waals surface area (Å²) < 4.78 is 6.44. The second-order valence-corrected chi connectivity index (χ2v) is 8.98. The van der Waals surface area contributed by atoms with E-state index in [-0.39, 0.29) is 0 Å². The van der Waals surface area contributed by atoms with Crippen molar-refractivity contribution in [3.63, 3.8) is 0 Å². The van der Waals surface area contributed by atoms with Crippen LogP contribution >= 0.6 is 0 Å². The van der Waals surface area contributed by atoms with Gasteiger partial charge in [0.05, 0.1) is 17.0 Å². The lowest BCUT2D eigenvalue weighted by Gasteiger charge is -2.11. The van der Waals surface area contributed by atoms with Crippen molar-refractivity contribution in [3.05, 3.63) is 120 Å². The van der Waals surface area contributed by atoms with E-state index >= 15 is 0 Å². The van der Waals surface area contributed by atoms with Crippen LogP contribution in [0.3, 0.4) is 0 Å². The molecule has 5 rings (SSSR count). The largest absolute Gasteiger partial charge is 0.456 e. The van der Waals surface area contributed by atoms with E-state index in [9.17, 15) is 5.26 Å². The molecule has 0 aliphatic rings. The van der Waals surface area contributed by atoms with Gasteiger partial charge in [-0.2, -0.15) is 5.26 Å². The van der Waals surface area contributed by atoms with Crippen LogP contribution in [0.15, 0.2) is 108 Å². The highest BCUT2D eigenvalue weighted by molar-refractivity contribution is 6.12. The number of nitriles is 1. The summed E-state index contributed by atoms with van der Waals surface area (Å²) in [6, 6.07) is 26.6. The van der Waals surface area contributed by atoms with Gasteiger partial charge in [-0.25, -0.2) is 4.98 Å². The van der Waals surface area contributed by atoms with Crippen molar-refractivity contribution in [1.29, 1.82) is 5.26 Å². The van der Waals surface area contributed by atoms with E-state index in [4.69, 9.17) is 15.1 Å². The van der Waals surface area contributed by atoms with Crippen LogP contribution < -0.4 is 5.73 Å². The van der Waals surface area contributed by atoms with Gasteiger partial charge >= 0.3 is 0 Å². The fraction of sp³-hybridized carbons (Fsp3) is 0.0588. The molecule has 184 valence electrons. The minimum absolute atomic E-state index is 0.392. The van der Waals surface area contributed by atoms with Crippen LogP contribution in [0.5, 0.6) is 0 Å². The second-order valence-electron chi connectivity index (χ2n) is 8.98. The van der Waals surface area contributed by atoms with Gasteiger partial charge < -0.3 is 10.2 Å². The Bertz CT molecular complexity index is 1810. The molecule has 2 aromatic heterocycles. The van der Waals surface area contributed by atoms with Gasteiger partial charge in [-0.15, -0.1) is 0 Å². The number of rotatable bonds is 6. The van der Waals surface area contributed by atoms with Crippen LogP contribution in [0, 0.1) is 11.3 Å². The summed E-state index contributed by atoms with van der Waals surface area (Å²) >= 11 is 0. The molecule has 0 fully saturated rings. The minimum Gasteiger partial charge on any atom is -0.456 e. The van der Waals surface area contributed by atoms with E-state index in [0.717, 1.165) is 66.7 Å². The molecular weight excluding hydrogens is 466 g/mol. The number of nitrogens with zero attached hydrogens (tertiary/aromatic N) is 2. The zero-order valence-corrected chi connectivity index (χ0v) is 21.4. The first-order valence-electron chi connectivity index (χ1n) is 12.4. The fourth-order valence-corrected chi connectivity index (χ4v) is 4.80. The van der Waals surface area contributed by atoms with E-state index in [2.05, 4.69) is 55.1 Å². The van der Waals surface area contributed by atoms with Crippen molar-refractivity contribution in [2.24, 2.45) is 5.73 Å². The second kappa shape index (κ2) is 10.5. The number of benzene rings is 3. The highest BCUT2D eigenvalue weighted by Gasteiger charge is 2.18. The van der Waals surface area contributed by atoms with Crippen molar-refractivity contribution >= 4 is 39.7 Å². The monoisotopic (exact) mass is 493 g/mol. The van der Waals surface area contributed by atoms with Gasteiger partial charge in [0.2, 0.25) is 0 Å². The molecule has 4 heteroatoms. The average molecular weight is 494 g/mol. The van der Waals surface area contributed by atoms with Gasteiger partial charge in [0.15, 0.2) is 0 Å². The zero-order chi connectivity index (χ0) is 26.6. The molecule has 0 aliphatic heterocycles. The van der Waals surface area contributed by atoms with Gasteiger partial charge in [-0.05, 0) is 78.1 Å². The first kappa shape index (κ1) is 24.5. The third-order valence-electron chi connectivity index (χ3n) is 6.59. The minimum atomic E-state index is 0.392. The van der Waals surface area contributed by atoms with Gasteiger partial charge in [0, 0.05) is 22.5 Å². The summed E-state index contributed by atoms with van der Waals surface area (Å²) in [6.45, 7) is 8.09. The summed E-state index contributed by atoms with van der Waals surface area (Å²) in [5.41, 5.74) is 15.3. The highest BCUT2D eigenvalue weighted by Crippen LogP contribution is 2.40. The molecule has 0 spiro atoms. The van der Waals surface area contributed by atoms with Crippen LogP contribution in [-0.4, -0.2) is 4.98 Å². The molecule has 0 radical (unpaired) electrons. The molecule has 0 aliphatic carbocycles. The van der Waals surface area contributed by atoms with Crippen molar-refractivity contribution in [1.82, 2.24) is 4.98 Å². The van der Waals surface area contributed by atoms with E-state index in [1.54, 1.807) is 6.08 Å². The number of aromatic nitrogens is 1. The Labute approximate surface area is 222 Å². The summed E-state index contributed by atoms with van der Waals surface area (Å²) in [5, 5.41) is 11.3. The number of nitrogens with two attached hydrogens (primary N) is 1. The Morgan fingerprint density at radius 3 is 2.50 bits per heavy atom. The maximum absolute atomic E-state index is 9.20. The first-order chi connectivity index (χ1) is 18.6. The number of hydrogen-bond donors (Lipinski definition) is 1. The molecule has 0 atom stereocenters. The van der Waals surface area contributed by atoms with Gasteiger partial charge in [0.25, 0.3) is 0 Å². The smallest absolute Gasteiger partial charge is 0.136 e. The molecular formula is C34H27N3O. The topological polar surface area (TPSA) is 75.8 Å². The molecule has 2 heterocycles. The Hall–Kier alpha value is -5.14. The van der Waals surface area contributed by atoms with Crippen molar-refractivity contribution in [2.75, 3.05) is 0 Å². The van der Waals surface area contributed by atoms with Crippen LogP contribution in [0.1, 0.15) is 30.7 Å². The molecule has 0 bridgehead atoms. The van der Waals surface area contributed by atoms with Crippen LogP contribution in [-0.2, 0) is 0 Å². The molecule has 38 heavy (non-hydrogen) atoms. The predicted molar refractivity (Wildman–Crippen MR) is 159 cm³/mol. The van der Waals surface area contributed by atoms with Gasteiger partial charge in [-0.1, -0.05) is 67.3 Å². The number of allylic oxidation sites excluding steroid dienone is 4. The average Bonchev–Trinajstić information content (AvgIpc) is 3.33. The molecule has 0 unspecified atom stereocenters. The quantitative estimate of drug-likeness (QED) is 0.189.